The minimum absolute atomic E-state index is 0.0272. The monoisotopic (exact) mass is 307 g/mol. The zero-order valence-corrected chi connectivity index (χ0v) is 11.2. The molecular weight excluding hydrogens is 296 g/mol. The summed E-state index contributed by atoms with van der Waals surface area (Å²) in [6.45, 7) is -0.253. The molecule has 0 bridgehead atoms. The molecule has 2 N–H and O–H groups in total. The van der Waals surface area contributed by atoms with Gasteiger partial charge in [0.05, 0.1) is 17.2 Å². The second-order valence-electron chi connectivity index (χ2n) is 4.30. The number of benzene rings is 2. The number of anilines is 2. The summed E-state index contributed by atoms with van der Waals surface area (Å²) >= 11 is 0. The molecule has 0 atom stereocenters. The van der Waals surface area contributed by atoms with Gasteiger partial charge in [0.15, 0.2) is 0 Å². The van der Waals surface area contributed by atoms with Crippen LogP contribution in [0, 0.1) is 21.7 Å². The van der Waals surface area contributed by atoms with Crippen LogP contribution in [0.15, 0.2) is 42.5 Å². The smallest absolute Gasteiger partial charge is 0.306 e. The predicted molar refractivity (Wildman–Crippen MR) is 76.6 cm³/mol. The van der Waals surface area contributed by atoms with Crippen LogP contribution < -0.4 is 10.6 Å². The number of carbonyl (C=O) groups is 1. The highest BCUT2D eigenvalue weighted by molar-refractivity contribution is 5.93. The third-order valence-electron chi connectivity index (χ3n) is 2.74. The third kappa shape index (κ3) is 3.75. The first kappa shape index (κ1) is 15.4. The van der Waals surface area contributed by atoms with Crippen LogP contribution >= 0.6 is 0 Å². The SMILES string of the molecule is O=C(CNc1ccc(F)c([N+](=O)[O-])c1)Nc1ccccc1F. The highest BCUT2D eigenvalue weighted by Gasteiger charge is 2.14. The van der Waals surface area contributed by atoms with Gasteiger partial charge in [0.1, 0.15) is 5.82 Å². The molecular formula is C14H11F2N3O3. The third-order valence-corrected chi connectivity index (χ3v) is 2.74. The Morgan fingerprint density at radius 1 is 1.14 bits per heavy atom. The molecule has 0 aromatic heterocycles. The van der Waals surface area contributed by atoms with E-state index >= 15 is 0 Å². The normalized spacial score (nSPS) is 10.1. The molecule has 0 saturated carbocycles. The van der Waals surface area contributed by atoms with Gasteiger partial charge in [-0.15, -0.1) is 0 Å². The Morgan fingerprint density at radius 3 is 2.55 bits per heavy atom. The average molecular weight is 307 g/mol. The Kier molecular flexibility index (Phi) is 4.62. The molecule has 6 nitrogen and oxygen atoms in total. The lowest BCUT2D eigenvalue weighted by molar-refractivity contribution is -0.387. The minimum atomic E-state index is -0.966. The van der Waals surface area contributed by atoms with Gasteiger partial charge in [0.2, 0.25) is 11.7 Å². The largest absolute Gasteiger partial charge is 0.376 e. The van der Waals surface area contributed by atoms with Crippen molar-refractivity contribution in [1.29, 1.82) is 0 Å². The average Bonchev–Trinajstić information content (AvgIpc) is 2.48. The summed E-state index contributed by atoms with van der Waals surface area (Å²) in [5.41, 5.74) is -0.462. The molecule has 2 aromatic carbocycles. The van der Waals surface area contributed by atoms with Crippen molar-refractivity contribution in [3.63, 3.8) is 0 Å². The lowest BCUT2D eigenvalue weighted by atomic mass is 10.2. The summed E-state index contributed by atoms with van der Waals surface area (Å²) < 4.78 is 26.5. The van der Waals surface area contributed by atoms with E-state index in [1.54, 1.807) is 6.07 Å². The van der Waals surface area contributed by atoms with Crippen molar-refractivity contribution < 1.29 is 18.5 Å². The van der Waals surface area contributed by atoms with Crippen LogP contribution in [0.5, 0.6) is 0 Å². The molecule has 0 aliphatic carbocycles. The number of nitrogens with zero attached hydrogens (tertiary/aromatic N) is 1. The van der Waals surface area contributed by atoms with E-state index in [9.17, 15) is 23.7 Å². The summed E-state index contributed by atoms with van der Waals surface area (Å²) in [4.78, 5) is 21.4. The molecule has 1 amide bonds. The van der Waals surface area contributed by atoms with Crippen molar-refractivity contribution in [3.05, 3.63) is 64.2 Å². The molecule has 8 heteroatoms. The van der Waals surface area contributed by atoms with Crippen LogP contribution in [0.1, 0.15) is 0 Å². The number of carbonyl (C=O) groups excluding carboxylic acids is 1. The fourth-order valence-electron chi connectivity index (χ4n) is 1.70. The second kappa shape index (κ2) is 6.61. The van der Waals surface area contributed by atoms with E-state index in [1.807, 2.05) is 0 Å². The molecule has 22 heavy (non-hydrogen) atoms. The number of hydrogen-bond acceptors (Lipinski definition) is 4. The Balaban J connectivity index is 1.98. The maximum atomic E-state index is 13.3. The summed E-state index contributed by atoms with van der Waals surface area (Å²) in [5, 5.41) is 15.6. The summed E-state index contributed by atoms with van der Waals surface area (Å²) in [6.07, 6.45) is 0. The number of para-hydroxylation sites is 1. The topological polar surface area (TPSA) is 84.3 Å². The Hall–Kier alpha value is -3.03. The number of halogens is 2. The van der Waals surface area contributed by atoms with Crippen LogP contribution in [0.2, 0.25) is 0 Å². The number of hydrogen-bond donors (Lipinski definition) is 2. The zero-order chi connectivity index (χ0) is 16.1. The Bertz CT molecular complexity index is 722. The molecule has 114 valence electrons. The van der Waals surface area contributed by atoms with E-state index in [0.717, 1.165) is 12.1 Å². The second-order valence-corrected chi connectivity index (χ2v) is 4.30. The summed E-state index contributed by atoms with van der Waals surface area (Å²) in [6, 6.07) is 8.82. The van der Waals surface area contributed by atoms with E-state index < -0.39 is 28.2 Å². The maximum absolute atomic E-state index is 13.3. The molecule has 0 aliphatic heterocycles. The molecule has 0 radical (unpaired) electrons. The molecule has 0 spiro atoms. The molecule has 0 heterocycles. The predicted octanol–water partition coefficient (Wildman–Crippen LogP) is 2.92. The fraction of sp³-hybridized carbons (Fsp3) is 0.0714. The first-order chi connectivity index (χ1) is 10.5. The molecule has 0 unspecified atom stereocenters. The number of rotatable bonds is 5. The quantitative estimate of drug-likeness (QED) is 0.657. The van der Waals surface area contributed by atoms with Gasteiger partial charge in [-0.2, -0.15) is 4.39 Å². The Morgan fingerprint density at radius 2 is 1.86 bits per heavy atom. The maximum Gasteiger partial charge on any atom is 0.306 e. The number of nitro groups is 1. The lowest BCUT2D eigenvalue weighted by Crippen LogP contribution is -2.22. The van der Waals surface area contributed by atoms with E-state index in [4.69, 9.17) is 0 Å². The van der Waals surface area contributed by atoms with Gasteiger partial charge >= 0.3 is 5.69 Å². The molecule has 0 aliphatic rings. The van der Waals surface area contributed by atoms with Gasteiger partial charge in [-0.25, -0.2) is 4.39 Å². The molecule has 2 rings (SSSR count). The van der Waals surface area contributed by atoms with Gasteiger partial charge in [-0.1, -0.05) is 12.1 Å². The van der Waals surface area contributed by atoms with E-state index in [2.05, 4.69) is 10.6 Å². The van der Waals surface area contributed by atoms with Crippen molar-refractivity contribution in [1.82, 2.24) is 0 Å². The van der Waals surface area contributed by atoms with Crippen LogP contribution in [0.25, 0.3) is 0 Å². The van der Waals surface area contributed by atoms with Gasteiger partial charge in [-0.3, -0.25) is 14.9 Å². The van der Waals surface area contributed by atoms with Crippen molar-refractivity contribution in [2.75, 3.05) is 17.2 Å². The number of nitrogens with one attached hydrogen (secondary N) is 2. The number of nitro benzene ring substituents is 1. The van der Waals surface area contributed by atoms with Crippen molar-refractivity contribution >= 4 is 23.0 Å². The highest BCUT2D eigenvalue weighted by Crippen LogP contribution is 2.21. The minimum Gasteiger partial charge on any atom is -0.376 e. The van der Waals surface area contributed by atoms with Gasteiger partial charge < -0.3 is 10.6 Å². The van der Waals surface area contributed by atoms with E-state index in [-0.39, 0.29) is 17.9 Å². The van der Waals surface area contributed by atoms with Crippen LogP contribution in [-0.2, 0) is 4.79 Å². The van der Waals surface area contributed by atoms with E-state index in [1.165, 1.54) is 24.3 Å². The van der Waals surface area contributed by atoms with E-state index in [0.29, 0.717) is 0 Å². The highest BCUT2D eigenvalue weighted by atomic mass is 19.1. The van der Waals surface area contributed by atoms with Gasteiger partial charge in [0, 0.05) is 11.8 Å². The molecule has 0 fully saturated rings. The van der Waals surface area contributed by atoms with Crippen molar-refractivity contribution in [2.45, 2.75) is 0 Å². The summed E-state index contributed by atoms with van der Waals surface area (Å²) in [5.74, 6) is -2.09. The van der Waals surface area contributed by atoms with Crippen LogP contribution in [0.3, 0.4) is 0 Å². The van der Waals surface area contributed by atoms with Gasteiger partial charge in [0.25, 0.3) is 0 Å². The lowest BCUT2D eigenvalue weighted by Gasteiger charge is -2.08. The first-order valence-electron chi connectivity index (χ1n) is 6.19. The van der Waals surface area contributed by atoms with Crippen LogP contribution in [-0.4, -0.2) is 17.4 Å². The Labute approximate surface area is 123 Å². The zero-order valence-electron chi connectivity index (χ0n) is 11.2. The first-order valence-corrected chi connectivity index (χ1v) is 6.19. The van der Waals surface area contributed by atoms with Crippen molar-refractivity contribution in [3.8, 4) is 0 Å². The fourth-order valence-corrected chi connectivity index (χ4v) is 1.70. The number of amides is 1. The van der Waals surface area contributed by atoms with Crippen molar-refractivity contribution in [2.24, 2.45) is 0 Å². The van der Waals surface area contributed by atoms with Crippen LogP contribution in [0.4, 0.5) is 25.8 Å². The summed E-state index contributed by atoms with van der Waals surface area (Å²) in [7, 11) is 0. The standard InChI is InChI=1S/C14H11F2N3O3/c15-10-3-1-2-4-12(10)18-14(20)8-17-9-5-6-11(16)13(7-9)19(21)22/h1-7,17H,8H2,(H,18,20). The molecule has 2 aromatic rings. The van der Waals surface area contributed by atoms with Gasteiger partial charge in [-0.05, 0) is 24.3 Å². The molecule has 0 saturated heterocycles.